The van der Waals surface area contributed by atoms with Gasteiger partial charge >= 0.3 is 0 Å². The molecule has 1 unspecified atom stereocenters. The van der Waals surface area contributed by atoms with Crippen LogP contribution in [0.4, 0.5) is 14.5 Å². The number of hydrogen-bond acceptors (Lipinski definition) is 1. The molecule has 0 aliphatic rings. The van der Waals surface area contributed by atoms with Crippen LogP contribution in [0, 0.1) is 24.5 Å². The van der Waals surface area contributed by atoms with Crippen LogP contribution in [-0.2, 0) is 0 Å². The number of hydrogen-bond donors (Lipinski definition) is 1. The number of halogens is 2. The molecule has 1 atom stereocenters. The van der Waals surface area contributed by atoms with Crippen molar-refractivity contribution < 1.29 is 8.78 Å². The second kappa shape index (κ2) is 5.99. The molecule has 0 amide bonds. The number of nitrogens with one attached hydrogen (secondary N) is 1. The molecule has 1 rings (SSSR count). The molecular weight excluding hydrogens is 220 g/mol. The number of aryl methyl sites for hydroxylation is 1. The average molecular weight is 241 g/mol. The summed E-state index contributed by atoms with van der Waals surface area (Å²) in [5.41, 5.74) is 0.464. The van der Waals surface area contributed by atoms with Crippen molar-refractivity contribution in [2.75, 3.05) is 5.32 Å². The minimum absolute atomic E-state index is 0.00116. The zero-order valence-corrected chi connectivity index (χ0v) is 11.0. The van der Waals surface area contributed by atoms with E-state index in [1.807, 2.05) is 6.92 Å². The van der Waals surface area contributed by atoms with Crippen LogP contribution in [-0.4, -0.2) is 6.04 Å². The maximum atomic E-state index is 13.7. The Morgan fingerprint density at radius 2 is 1.76 bits per heavy atom. The molecule has 3 heteroatoms. The number of rotatable bonds is 5. The van der Waals surface area contributed by atoms with E-state index in [1.165, 1.54) is 12.1 Å². The van der Waals surface area contributed by atoms with Crippen LogP contribution in [0.25, 0.3) is 0 Å². The van der Waals surface area contributed by atoms with Crippen LogP contribution in [0.3, 0.4) is 0 Å². The lowest BCUT2D eigenvalue weighted by molar-refractivity contribution is 0.520. The van der Waals surface area contributed by atoms with Crippen molar-refractivity contribution in [1.29, 1.82) is 0 Å². The monoisotopic (exact) mass is 241 g/mol. The average Bonchev–Trinajstić information content (AvgIpc) is 2.27. The van der Waals surface area contributed by atoms with Crippen molar-refractivity contribution in [3.8, 4) is 0 Å². The van der Waals surface area contributed by atoms with Crippen molar-refractivity contribution in [1.82, 2.24) is 0 Å². The van der Waals surface area contributed by atoms with Crippen molar-refractivity contribution >= 4 is 5.69 Å². The predicted molar refractivity (Wildman–Crippen MR) is 68.3 cm³/mol. The maximum absolute atomic E-state index is 13.7. The van der Waals surface area contributed by atoms with Gasteiger partial charge in [0.1, 0.15) is 11.5 Å². The Morgan fingerprint density at radius 1 is 1.12 bits per heavy atom. The molecule has 0 fully saturated rings. The van der Waals surface area contributed by atoms with E-state index >= 15 is 0 Å². The summed E-state index contributed by atoms with van der Waals surface area (Å²) in [4.78, 5) is 0. The Hall–Kier alpha value is -1.12. The lowest BCUT2D eigenvalue weighted by atomic mass is 10.0. The van der Waals surface area contributed by atoms with Crippen molar-refractivity contribution in [2.45, 2.75) is 46.6 Å². The molecule has 0 aromatic heterocycles. The first kappa shape index (κ1) is 13.9. The maximum Gasteiger partial charge on any atom is 0.152 e. The topological polar surface area (TPSA) is 12.0 Å². The van der Waals surface area contributed by atoms with Crippen molar-refractivity contribution in [2.24, 2.45) is 5.92 Å². The smallest absolute Gasteiger partial charge is 0.152 e. The third kappa shape index (κ3) is 3.99. The van der Waals surface area contributed by atoms with E-state index in [1.54, 1.807) is 6.92 Å². The number of anilines is 1. The molecule has 0 radical (unpaired) electrons. The highest BCUT2D eigenvalue weighted by molar-refractivity contribution is 5.49. The first-order chi connectivity index (χ1) is 7.91. The van der Waals surface area contributed by atoms with Gasteiger partial charge in [0.05, 0.1) is 0 Å². The molecule has 1 N–H and O–H groups in total. The molecule has 0 bridgehead atoms. The molecule has 0 saturated heterocycles. The molecule has 0 saturated carbocycles. The Bertz CT molecular complexity index is 375. The quantitative estimate of drug-likeness (QED) is 0.799. The normalized spacial score (nSPS) is 12.9. The molecule has 96 valence electrons. The van der Waals surface area contributed by atoms with Gasteiger partial charge in [0.25, 0.3) is 0 Å². The van der Waals surface area contributed by atoms with E-state index in [-0.39, 0.29) is 11.7 Å². The molecule has 0 aliphatic heterocycles. The van der Waals surface area contributed by atoms with Gasteiger partial charge in [-0.2, -0.15) is 0 Å². The van der Waals surface area contributed by atoms with Crippen LogP contribution in [0.1, 0.15) is 39.2 Å². The van der Waals surface area contributed by atoms with E-state index < -0.39 is 11.6 Å². The van der Waals surface area contributed by atoms with Gasteiger partial charge in [0.2, 0.25) is 0 Å². The fourth-order valence-corrected chi connectivity index (χ4v) is 1.69. The second-order valence-corrected chi connectivity index (χ2v) is 5.07. The van der Waals surface area contributed by atoms with Crippen LogP contribution in [0.5, 0.6) is 0 Å². The summed E-state index contributed by atoms with van der Waals surface area (Å²) >= 11 is 0. The Labute approximate surface area is 102 Å². The Balaban J connectivity index is 2.71. The fourth-order valence-electron chi connectivity index (χ4n) is 1.69. The highest BCUT2D eigenvalue weighted by Gasteiger charge is 2.13. The van der Waals surface area contributed by atoms with Crippen LogP contribution < -0.4 is 5.32 Å². The van der Waals surface area contributed by atoms with Gasteiger partial charge in [0.15, 0.2) is 5.82 Å². The summed E-state index contributed by atoms with van der Waals surface area (Å²) in [6.45, 7) is 7.86. The lowest BCUT2D eigenvalue weighted by Crippen LogP contribution is -2.18. The fraction of sp³-hybridized carbons (Fsp3) is 0.571. The third-order valence-corrected chi connectivity index (χ3v) is 2.85. The number of benzene rings is 1. The van der Waals surface area contributed by atoms with Crippen LogP contribution >= 0.6 is 0 Å². The zero-order chi connectivity index (χ0) is 13.0. The molecular formula is C14H21F2N. The minimum Gasteiger partial charge on any atom is -0.378 e. The second-order valence-electron chi connectivity index (χ2n) is 5.07. The van der Waals surface area contributed by atoms with E-state index in [0.29, 0.717) is 11.5 Å². The Morgan fingerprint density at radius 3 is 2.35 bits per heavy atom. The lowest BCUT2D eigenvalue weighted by Gasteiger charge is -2.18. The highest BCUT2D eigenvalue weighted by atomic mass is 19.1. The van der Waals surface area contributed by atoms with Gasteiger partial charge in [-0.25, -0.2) is 8.78 Å². The van der Waals surface area contributed by atoms with E-state index in [4.69, 9.17) is 0 Å². The summed E-state index contributed by atoms with van der Waals surface area (Å²) in [6.07, 6.45) is 1.95. The third-order valence-electron chi connectivity index (χ3n) is 2.85. The summed E-state index contributed by atoms with van der Waals surface area (Å²) in [6, 6.07) is 2.83. The first-order valence-electron chi connectivity index (χ1n) is 6.13. The SMILES string of the molecule is Cc1ccc(F)c(NC(C)CCC(C)C)c1F. The van der Waals surface area contributed by atoms with Gasteiger partial charge in [-0.3, -0.25) is 0 Å². The molecule has 1 aromatic carbocycles. The molecule has 0 aliphatic carbocycles. The van der Waals surface area contributed by atoms with E-state index in [9.17, 15) is 8.78 Å². The zero-order valence-electron chi connectivity index (χ0n) is 11.0. The van der Waals surface area contributed by atoms with E-state index in [2.05, 4.69) is 19.2 Å². The van der Waals surface area contributed by atoms with E-state index in [0.717, 1.165) is 12.8 Å². The van der Waals surface area contributed by atoms with Gasteiger partial charge in [-0.15, -0.1) is 0 Å². The summed E-state index contributed by atoms with van der Waals surface area (Å²) in [7, 11) is 0. The van der Waals surface area contributed by atoms with Crippen LogP contribution in [0.2, 0.25) is 0 Å². The standard InChI is InChI=1S/C14H21F2N/c1-9(2)5-7-11(4)17-14-12(15)8-6-10(3)13(14)16/h6,8-9,11,17H,5,7H2,1-4H3. The Kier molecular flexibility index (Phi) is 4.91. The van der Waals surface area contributed by atoms with Crippen molar-refractivity contribution in [3.63, 3.8) is 0 Å². The highest BCUT2D eigenvalue weighted by Crippen LogP contribution is 2.23. The predicted octanol–water partition coefficient (Wildman–Crippen LogP) is 4.51. The largest absolute Gasteiger partial charge is 0.378 e. The van der Waals surface area contributed by atoms with Gasteiger partial charge < -0.3 is 5.32 Å². The summed E-state index contributed by atoms with van der Waals surface area (Å²) in [5.74, 6) is -0.405. The molecule has 1 nitrogen and oxygen atoms in total. The van der Waals surface area contributed by atoms with Gasteiger partial charge in [0, 0.05) is 6.04 Å². The molecule has 1 aromatic rings. The molecule has 0 spiro atoms. The van der Waals surface area contributed by atoms with Gasteiger partial charge in [-0.1, -0.05) is 19.9 Å². The molecule has 0 heterocycles. The first-order valence-corrected chi connectivity index (χ1v) is 6.13. The van der Waals surface area contributed by atoms with Crippen LogP contribution in [0.15, 0.2) is 12.1 Å². The molecule has 17 heavy (non-hydrogen) atoms. The van der Waals surface area contributed by atoms with Gasteiger partial charge in [-0.05, 0) is 44.2 Å². The summed E-state index contributed by atoms with van der Waals surface area (Å²) < 4.78 is 27.2. The minimum atomic E-state index is -0.524. The summed E-state index contributed by atoms with van der Waals surface area (Å²) in [5, 5.41) is 2.92. The van der Waals surface area contributed by atoms with Crippen molar-refractivity contribution in [3.05, 3.63) is 29.3 Å².